The topological polar surface area (TPSA) is 69.6 Å². The van der Waals surface area contributed by atoms with Gasteiger partial charge in [-0.2, -0.15) is 0 Å². The third kappa shape index (κ3) is 4.29. The molecular formula is C21H18Cl2N2O3S. The summed E-state index contributed by atoms with van der Waals surface area (Å²) in [6, 6.07) is 10.2. The average Bonchev–Trinajstić information content (AvgIpc) is 2.68. The molecule has 1 saturated heterocycles. The van der Waals surface area contributed by atoms with Crippen LogP contribution in [0.1, 0.15) is 37.3 Å². The number of thiocarbonyl (C=S) groups is 1. The molecule has 0 bridgehead atoms. The Labute approximate surface area is 183 Å². The minimum Gasteiger partial charge on any atom is -0.506 e. The minimum atomic E-state index is -0.664. The Kier molecular flexibility index (Phi) is 6.27. The van der Waals surface area contributed by atoms with Crippen molar-refractivity contribution in [1.82, 2.24) is 5.32 Å². The molecule has 0 aliphatic carbocycles. The van der Waals surface area contributed by atoms with Gasteiger partial charge in [0.1, 0.15) is 11.3 Å². The number of hydrogen-bond donors (Lipinski definition) is 2. The van der Waals surface area contributed by atoms with E-state index in [9.17, 15) is 14.7 Å². The van der Waals surface area contributed by atoms with E-state index in [4.69, 9.17) is 35.4 Å². The number of amides is 2. The van der Waals surface area contributed by atoms with Gasteiger partial charge in [-0.3, -0.25) is 19.8 Å². The van der Waals surface area contributed by atoms with Crippen LogP contribution in [0, 0.1) is 0 Å². The number of nitrogens with zero attached hydrogens (tertiary/aromatic N) is 1. The molecule has 1 aliphatic heterocycles. The molecule has 1 fully saturated rings. The predicted octanol–water partition coefficient (Wildman–Crippen LogP) is 5.04. The molecule has 0 radical (unpaired) electrons. The number of carbonyl (C=O) groups excluding carboxylic acids is 2. The zero-order chi connectivity index (χ0) is 21.3. The lowest BCUT2D eigenvalue weighted by atomic mass is 9.98. The second-order valence-corrected chi connectivity index (χ2v) is 7.91. The molecule has 1 unspecified atom stereocenters. The Morgan fingerprint density at radius 3 is 2.48 bits per heavy atom. The van der Waals surface area contributed by atoms with E-state index in [1.165, 1.54) is 23.1 Å². The summed E-state index contributed by atoms with van der Waals surface area (Å²) in [5.74, 6) is -1.16. The van der Waals surface area contributed by atoms with Gasteiger partial charge in [0, 0.05) is 10.6 Å². The quantitative estimate of drug-likeness (QED) is 0.390. The zero-order valence-corrected chi connectivity index (χ0v) is 18.0. The van der Waals surface area contributed by atoms with Crippen molar-refractivity contribution in [2.75, 3.05) is 4.90 Å². The lowest BCUT2D eigenvalue weighted by Crippen LogP contribution is -2.54. The fraction of sp³-hybridized carbons (Fsp3) is 0.190. The summed E-state index contributed by atoms with van der Waals surface area (Å²) in [4.78, 5) is 26.7. The minimum absolute atomic E-state index is 0.0122. The molecule has 1 heterocycles. The van der Waals surface area contributed by atoms with Crippen molar-refractivity contribution in [1.29, 1.82) is 0 Å². The van der Waals surface area contributed by atoms with Gasteiger partial charge in [-0.05, 0) is 60.5 Å². The van der Waals surface area contributed by atoms with Crippen LogP contribution >= 0.6 is 35.4 Å². The molecule has 0 saturated carbocycles. The third-order valence-corrected chi connectivity index (χ3v) is 5.58. The van der Waals surface area contributed by atoms with Gasteiger partial charge < -0.3 is 5.11 Å². The summed E-state index contributed by atoms with van der Waals surface area (Å²) >= 11 is 17.1. The number of nitrogens with one attached hydrogen (secondary N) is 1. The van der Waals surface area contributed by atoms with E-state index >= 15 is 0 Å². The van der Waals surface area contributed by atoms with E-state index in [0.717, 1.165) is 12.0 Å². The molecule has 150 valence electrons. The van der Waals surface area contributed by atoms with Gasteiger partial charge in [-0.25, -0.2) is 0 Å². The fourth-order valence-electron chi connectivity index (χ4n) is 2.93. The molecule has 0 spiro atoms. The number of anilines is 1. The van der Waals surface area contributed by atoms with Gasteiger partial charge in [0.25, 0.3) is 11.8 Å². The van der Waals surface area contributed by atoms with Crippen LogP contribution in [0.4, 0.5) is 5.69 Å². The molecule has 2 aromatic carbocycles. The first-order chi connectivity index (χ1) is 13.7. The van der Waals surface area contributed by atoms with E-state index in [2.05, 4.69) is 19.2 Å². The summed E-state index contributed by atoms with van der Waals surface area (Å²) in [7, 11) is 0. The number of phenolic OH excluding ortho intramolecular Hbond substituents is 1. The number of carbonyl (C=O) groups is 2. The highest BCUT2D eigenvalue weighted by Gasteiger charge is 2.34. The van der Waals surface area contributed by atoms with E-state index < -0.39 is 11.8 Å². The number of aromatic hydroxyl groups is 1. The lowest BCUT2D eigenvalue weighted by Gasteiger charge is -2.29. The molecule has 2 N–H and O–H groups in total. The van der Waals surface area contributed by atoms with Crippen LogP contribution in [0.15, 0.2) is 42.0 Å². The van der Waals surface area contributed by atoms with Gasteiger partial charge in [0.2, 0.25) is 0 Å². The summed E-state index contributed by atoms with van der Waals surface area (Å²) in [5.41, 5.74) is 1.63. The van der Waals surface area contributed by atoms with Crippen LogP contribution in [0.5, 0.6) is 5.75 Å². The van der Waals surface area contributed by atoms with Crippen molar-refractivity contribution in [3.8, 4) is 5.75 Å². The number of rotatable bonds is 4. The number of benzene rings is 2. The Bertz CT molecular complexity index is 1030. The van der Waals surface area contributed by atoms with Gasteiger partial charge in [0.15, 0.2) is 5.11 Å². The maximum Gasteiger partial charge on any atom is 0.270 e. The maximum absolute atomic E-state index is 13.1. The monoisotopic (exact) mass is 448 g/mol. The summed E-state index contributed by atoms with van der Waals surface area (Å²) < 4.78 is 0. The standard InChI is InChI=1S/C21H18Cl2N2O3S/c1-3-11(2)12-4-6-15(7-5-12)25-20(28)16(19(27)24-21(25)29)9-13-8-14(22)10-17(23)18(13)26/h4-11,26H,3H2,1-2H3,(H,24,27,29)/b16-9+. The molecule has 0 aromatic heterocycles. The van der Waals surface area contributed by atoms with Crippen LogP contribution in [0.3, 0.4) is 0 Å². The third-order valence-electron chi connectivity index (χ3n) is 4.79. The zero-order valence-electron chi connectivity index (χ0n) is 15.7. The van der Waals surface area contributed by atoms with Gasteiger partial charge >= 0.3 is 0 Å². The Morgan fingerprint density at radius 1 is 1.21 bits per heavy atom. The molecular weight excluding hydrogens is 431 g/mol. The van der Waals surface area contributed by atoms with Crippen molar-refractivity contribution >= 4 is 64.1 Å². The number of halogens is 2. The van der Waals surface area contributed by atoms with E-state index in [0.29, 0.717) is 11.6 Å². The molecule has 3 rings (SSSR count). The highest BCUT2D eigenvalue weighted by molar-refractivity contribution is 7.80. The van der Waals surface area contributed by atoms with Gasteiger partial charge in [-0.1, -0.05) is 49.2 Å². The smallest absolute Gasteiger partial charge is 0.270 e. The fourth-order valence-corrected chi connectivity index (χ4v) is 3.72. The number of hydrogen-bond acceptors (Lipinski definition) is 4. The van der Waals surface area contributed by atoms with Gasteiger partial charge in [-0.15, -0.1) is 0 Å². The van der Waals surface area contributed by atoms with Crippen molar-refractivity contribution in [3.63, 3.8) is 0 Å². The normalized spacial score (nSPS) is 16.9. The highest BCUT2D eigenvalue weighted by Crippen LogP contribution is 2.33. The van der Waals surface area contributed by atoms with Crippen LogP contribution in [-0.4, -0.2) is 22.0 Å². The molecule has 29 heavy (non-hydrogen) atoms. The van der Waals surface area contributed by atoms with Crippen molar-refractivity contribution in [3.05, 3.63) is 63.1 Å². The molecule has 5 nitrogen and oxygen atoms in total. The first kappa shape index (κ1) is 21.3. The molecule has 2 amide bonds. The summed E-state index contributed by atoms with van der Waals surface area (Å²) in [6.07, 6.45) is 2.24. The predicted molar refractivity (Wildman–Crippen MR) is 119 cm³/mol. The van der Waals surface area contributed by atoms with Crippen molar-refractivity contribution in [2.45, 2.75) is 26.2 Å². The lowest BCUT2D eigenvalue weighted by molar-refractivity contribution is -0.122. The molecule has 1 atom stereocenters. The van der Waals surface area contributed by atoms with E-state index in [-0.39, 0.29) is 32.0 Å². The summed E-state index contributed by atoms with van der Waals surface area (Å²) in [5, 5.41) is 12.9. The van der Waals surface area contributed by atoms with E-state index in [1.807, 2.05) is 12.1 Å². The average molecular weight is 449 g/mol. The Morgan fingerprint density at radius 2 is 1.86 bits per heavy atom. The first-order valence-corrected chi connectivity index (χ1v) is 10.1. The van der Waals surface area contributed by atoms with Gasteiger partial charge in [0.05, 0.1) is 10.7 Å². The largest absolute Gasteiger partial charge is 0.506 e. The molecule has 8 heteroatoms. The Balaban J connectivity index is 2.01. The SMILES string of the molecule is CCC(C)c1ccc(N2C(=O)/C(=C/c3cc(Cl)cc(Cl)c3O)C(=O)NC2=S)cc1. The van der Waals surface area contributed by atoms with Crippen LogP contribution < -0.4 is 10.2 Å². The maximum atomic E-state index is 13.1. The molecule has 2 aromatic rings. The summed E-state index contributed by atoms with van der Waals surface area (Å²) in [6.45, 7) is 4.22. The van der Waals surface area contributed by atoms with Crippen LogP contribution in [0.25, 0.3) is 6.08 Å². The highest BCUT2D eigenvalue weighted by atomic mass is 35.5. The van der Waals surface area contributed by atoms with E-state index in [1.54, 1.807) is 12.1 Å². The van der Waals surface area contributed by atoms with Crippen LogP contribution in [0.2, 0.25) is 10.0 Å². The number of phenols is 1. The first-order valence-electron chi connectivity index (χ1n) is 8.92. The van der Waals surface area contributed by atoms with Crippen molar-refractivity contribution < 1.29 is 14.7 Å². The second kappa shape index (κ2) is 8.53. The Hall–Kier alpha value is -2.41. The van der Waals surface area contributed by atoms with Crippen molar-refractivity contribution in [2.24, 2.45) is 0 Å². The van der Waals surface area contributed by atoms with Crippen LogP contribution in [-0.2, 0) is 9.59 Å². The second-order valence-electron chi connectivity index (χ2n) is 6.68. The molecule has 1 aliphatic rings.